The molecule has 38 heavy (non-hydrogen) atoms. The van der Waals surface area contributed by atoms with Crippen molar-refractivity contribution < 1.29 is 22.8 Å². The molecule has 4 heterocycles. The van der Waals surface area contributed by atoms with Gasteiger partial charge in [-0.3, -0.25) is 19.4 Å². The van der Waals surface area contributed by atoms with Crippen LogP contribution in [-0.4, -0.2) is 43.2 Å². The summed E-state index contributed by atoms with van der Waals surface area (Å²) in [7, 11) is 0. The summed E-state index contributed by atoms with van der Waals surface area (Å²) in [4.78, 5) is 27.7. The van der Waals surface area contributed by atoms with Gasteiger partial charge in [0.2, 0.25) is 5.91 Å². The molecule has 3 aromatic rings. The first kappa shape index (κ1) is 26.0. The lowest BCUT2D eigenvalue weighted by atomic mass is 9.98. The number of aromatic nitrogens is 4. The zero-order valence-corrected chi connectivity index (χ0v) is 21.1. The Morgan fingerprint density at radius 1 is 1.05 bits per heavy atom. The van der Waals surface area contributed by atoms with Crippen LogP contribution in [0.15, 0.2) is 36.4 Å². The predicted molar refractivity (Wildman–Crippen MR) is 134 cm³/mol. The number of piperidine rings is 1. The third kappa shape index (κ3) is 5.92. The Balaban J connectivity index is 1.16. The number of hydrogen-bond donors (Lipinski definition) is 2. The zero-order chi connectivity index (χ0) is 26.7. The fraction of sp³-hybridized carbons (Fsp3) is 0.481. The van der Waals surface area contributed by atoms with Crippen molar-refractivity contribution >= 4 is 17.6 Å². The maximum atomic E-state index is 13.4. The lowest BCUT2D eigenvalue weighted by molar-refractivity contribution is -0.137. The molecule has 0 bridgehead atoms. The van der Waals surface area contributed by atoms with Crippen LogP contribution in [0.4, 0.5) is 19.0 Å². The van der Waals surface area contributed by atoms with E-state index in [1.807, 2.05) is 15.6 Å². The average Bonchev–Trinajstić information content (AvgIpc) is 3.55. The second-order valence-electron chi connectivity index (χ2n) is 10.0. The molecular formula is C27H31F3N6O2. The van der Waals surface area contributed by atoms with E-state index in [0.29, 0.717) is 30.9 Å². The number of rotatable bonds is 7. The van der Waals surface area contributed by atoms with Crippen LogP contribution in [0, 0.1) is 0 Å². The second kappa shape index (κ2) is 11.0. The van der Waals surface area contributed by atoms with Crippen LogP contribution < -0.4 is 5.32 Å². The van der Waals surface area contributed by atoms with Crippen LogP contribution in [0.2, 0.25) is 0 Å². The van der Waals surface area contributed by atoms with Gasteiger partial charge in [0.25, 0.3) is 5.91 Å². The van der Waals surface area contributed by atoms with Crippen LogP contribution in [-0.2, 0) is 30.4 Å². The third-order valence-electron chi connectivity index (χ3n) is 7.27. The molecule has 0 radical (unpaired) electrons. The summed E-state index contributed by atoms with van der Waals surface area (Å²) in [6.45, 7) is 1.48. The predicted octanol–water partition coefficient (Wildman–Crippen LogP) is 5.29. The largest absolute Gasteiger partial charge is 0.416 e. The monoisotopic (exact) mass is 528 g/mol. The number of nitrogens with one attached hydrogen (secondary N) is 2. The molecule has 1 unspecified atom stereocenters. The number of nitrogens with zero attached hydrogens (tertiary/aromatic N) is 4. The smallest absolute Gasteiger partial charge is 0.329 e. The number of H-pyrrole nitrogens is 1. The molecule has 0 aliphatic carbocycles. The second-order valence-corrected chi connectivity index (χ2v) is 10.0. The number of fused-ring (bicyclic) bond motifs is 1. The molecule has 202 valence electrons. The van der Waals surface area contributed by atoms with E-state index in [-0.39, 0.29) is 24.3 Å². The highest BCUT2D eigenvalue weighted by Crippen LogP contribution is 2.32. The van der Waals surface area contributed by atoms with Gasteiger partial charge in [-0.15, -0.1) is 0 Å². The molecule has 8 nitrogen and oxygen atoms in total. The van der Waals surface area contributed by atoms with Gasteiger partial charge >= 0.3 is 6.18 Å². The number of hydrogen-bond acceptors (Lipinski definition) is 4. The van der Waals surface area contributed by atoms with Crippen LogP contribution in [0.5, 0.6) is 0 Å². The lowest BCUT2D eigenvalue weighted by Crippen LogP contribution is -2.39. The van der Waals surface area contributed by atoms with E-state index >= 15 is 0 Å². The first-order valence-corrected chi connectivity index (χ1v) is 13.2. The Morgan fingerprint density at radius 3 is 2.61 bits per heavy atom. The van der Waals surface area contributed by atoms with E-state index in [2.05, 4.69) is 20.6 Å². The molecule has 5 rings (SSSR count). The quantitative estimate of drug-likeness (QED) is 0.436. The Bertz CT molecular complexity index is 1260. The normalized spacial score (nSPS) is 17.8. The fourth-order valence-corrected chi connectivity index (χ4v) is 5.26. The number of aromatic amines is 1. The van der Waals surface area contributed by atoms with Crippen LogP contribution >= 0.6 is 0 Å². The molecule has 2 aliphatic heterocycles. The van der Waals surface area contributed by atoms with E-state index in [9.17, 15) is 22.8 Å². The summed E-state index contributed by atoms with van der Waals surface area (Å²) in [5, 5.41) is 14.6. The molecule has 11 heteroatoms. The minimum atomic E-state index is -4.36. The van der Waals surface area contributed by atoms with Crippen molar-refractivity contribution in [2.45, 2.75) is 76.6 Å². The highest BCUT2D eigenvalue weighted by Gasteiger charge is 2.32. The zero-order valence-electron chi connectivity index (χ0n) is 21.1. The van der Waals surface area contributed by atoms with Gasteiger partial charge in [0.05, 0.1) is 17.3 Å². The summed E-state index contributed by atoms with van der Waals surface area (Å²) in [5.41, 5.74) is 2.42. The fourth-order valence-electron chi connectivity index (χ4n) is 5.26. The minimum Gasteiger partial charge on any atom is -0.329 e. The third-order valence-corrected chi connectivity index (χ3v) is 7.27. The standard InChI is InChI=1S/C27H31F3N6O2/c28-27(29,30)19-12-10-18(11-13-19)6-5-9-25(37)31-24-17-21(32-33-24)23-8-2-3-14-35(23)26(38)22-16-20-7-1-4-15-36(20)34-22/h10-13,16-17,23H,1-9,14-15H2,(H2,31,32,33,37). The Morgan fingerprint density at radius 2 is 1.84 bits per heavy atom. The van der Waals surface area contributed by atoms with E-state index in [1.165, 1.54) is 12.1 Å². The van der Waals surface area contributed by atoms with Gasteiger partial charge in [0.1, 0.15) is 0 Å². The number of carbonyl (C=O) groups excluding carboxylic acids is 2. The molecule has 2 aliphatic rings. The molecule has 2 amide bonds. The maximum Gasteiger partial charge on any atom is 0.416 e. The topological polar surface area (TPSA) is 95.9 Å². The van der Waals surface area contributed by atoms with Gasteiger partial charge in [-0.05, 0) is 75.1 Å². The Kier molecular flexibility index (Phi) is 7.53. The highest BCUT2D eigenvalue weighted by molar-refractivity contribution is 5.93. The maximum absolute atomic E-state index is 13.4. The summed E-state index contributed by atoms with van der Waals surface area (Å²) in [6.07, 6.45) is 2.67. The van der Waals surface area contributed by atoms with E-state index in [4.69, 9.17) is 0 Å². The first-order valence-electron chi connectivity index (χ1n) is 13.2. The van der Waals surface area contributed by atoms with E-state index < -0.39 is 11.7 Å². The number of halogens is 3. The summed E-state index contributed by atoms with van der Waals surface area (Å²) in [5.74, 6) is 0.0742. The number of benzene rings is 1. The van der Waals surface area contributed by atoms with Gasteiger partial charge in [-0.25, -0.2) is 0 Å². The summed E-state index contributed by atoms with van der Waals surface area (Å²) >= 11 is 0. The molecule has 1 fully saturated rings. The van der Waals surface area contributed by atoms with Crippen LogP contribution in [0.25, 0.3) is 0 Å². The van der Waals surface area contributed by atoms with Crippen molar-refractivity contribution in [3.05, 3.63) is 64.6 Å². The van der Waals surface area contributed by atoms with Crippen LogP contribution in [0.1, 0.15) is 84.0 Å². The van der Waals surface area contributed by atoms with Crippen molar-refractivity contribution in [3.8, 4) is 0 Å². The summed E-state index contributed by atoms with van der Waals surface area (Å²) in [6, 6.07) is 8.50. The number of aryl methyl sites for hydroxylation is 3. The van der Waals surface area contributed by atoms with Gasteiger partial charge in [-0.2, -0.15) is 23.4 Å². The molecule has 2 aromatic heterocycles. The molecule has 1 aromatic carbocycles. The van der Waals surface area contributed by atoms with Crippen molar-refractivity contribution in [1.82, 2.24) is 24.9 Å². The van der Waals surface area contributed by atoms with Gasteiger partial charge in [0.15, 0.2) is 11.5 Å². The van der Waals surface area contributed by atoms with Crippen LogP contribution in [0.3, 0.4) is 0 Å². The van der Waals surface area contributed by atoms with Crippen molar-refractivity contribution in [2.24, 2.45) is 0 Å². The molecule has 2 N–H and O–H groups in total. The molecule has 0 spiro atoms. The molecule has 0 saturated carbocycles. The lowest BCUT2D eigenvalue weighted by Gasteiger charge is -2.34. The molecular weight excluding hydrogens is 497 g/mol. The first-order chi connectivity index (χ1) is 18.3. The molecule has 1 atom stereocenters. The summed E-state index contributed by atoms with van der Waals surface area (Å²) < 4.78 is 40.1. The number of alkyl halides is 3. The van der Waals surface area contributed by atoms with Gasteiger partial charge < -0.3 is 10.2 Å². The number of carbonyl (C=O) groups is 2. The van der Waals surface area contributed by atoms with Gasteiger partial charge in [0, 0.05) is 31.3 Å². The van der Waals surface area contributed by atoms with Crippen molar-refractivity contribution in [1.29, 1.82) is 0 Å². The number of amides is 2. The minimum absolute atomic E-state index is 0.0833. The Hall–Kier alpha value is -3.63. The average molecular weight is 529 g/mol. The van der Waals surface area contributed by atoms with Crippen molar-refractivity contribution in [2.75, 3.05) is 11.9 Å². The van der Waals surface area contributed by atoms with E-state index in [1.54, 1.807) is 6.07 Å². The van der Waals surface area contributed by atoms with Gasteiger partial charge in [-0.1, -0.05) is 12.1 Å². The number of likely N-dealkylation sites (tertiary alicyclic amines) is 1. The molecule has 1 saturated heterocycles. The highest BCUT2D eigenvalue weighted by atomic mass is 19.4. The Labute approximate surface area is 218 Å². The van der Waals surface area contributed by atoms with Crippen molar-refractivity contribution in [3.63, 3.8) is 0 Å². The number of anilines is 1. The SMILES string of the molecule is O=C(CCCc1ccc(C(F)(F)F)cc1)Nc1cc(C2CCCCN2C(=O)c2cc3n(n2)CCCC3)[nH]n1. The van der Waals surface area contributed by atoms with E-state index in [0.717, 1.165) is 74.2 Å².